The number of benzene rings is 1. The van der Waals surface area contributed by atoms with Crippen LogP contribution in [0.2, 0.25) is 0 Å². The van der Waals surface area contributed by atoms with Gasteiger partial charge in [-0.3, -0.25) is 9.59 Å². The van der Waals surface area contributed by atoms with E-state index in [2.05, 4.69) is 10.3 Å². The molecule has 1 amide bonds. The van der Waals surface area contributed by atoms with Crippen LogP contribution in [0.1, 0.15) is 42.1 Å². The Morgan fingerprint density at radius 3 is 2.52 bits per heavy atom. The smallest absolute Gasteiger partial charge is 0.220 e. The van der Waals surface area contributed by atoms with Gasteiger partial charge in [0.25, 0.3) is 0 Å². The van der Waals surface area contributed by atoms with E-state index in [1.165, 1.54) is 0 Å². The number of Topliss-reactive ketones (excluding diaryl/α,β-unsaturated/α-hetero) is 1. The number of rotatable bonds is 10. The third-order valence-electron chi connectivity index (χ3n) is 4.00. The summed E-state index contributed by atoms with van der Waals surface area (Å²) < 4.78 is 5.50. The molecule has 1 heterocycles. The summed E-state index contributed by atoms with van der Waals surface area (Å²) in [4.78, 5) is 30.6. The van der Waals surface area contributed by atoms with Gasteiger partial charge < -0.3 is 15.0 Å². The Kier molecular flexibility index (Phi) is 7.79. The van der Waals surface area contributed by atoms with Gasteiger partial charge in [0.05, 0.1) is 6.61 Å². The van der Waals surface area contributed by atoms with E-state index in [1.807, 2.05) is 38.1 Å². The Bertz CT molecular complexity index is 758. The summed E-state index contributed by atoms with van der Waals surface area (Å²) in [5.41, 5.74) is 1.53. The predicted molar refractivity (Wildman–Crippen MR) is 106 cm³/mol. The van der Waals surface area contributed by atoms with Crippen molar-refractivity contribution in [1.82, 2.24) is 10.3 Å². The van der Waals surface area contributed by atoms with Crippen LogP contribution < -0.4 is 15.0 Å². The van der Waals surface area contributed by atoms with Gasteiger partial charge in [0.2, 0.25) is 5.91 Å². The van der Waals surface area contributed by atoms with Crippen LogP contribution in [0.5, 0.6) is 5.75 Å². The summed E-state index contributed by atoms with van der Waals surface area (Å²) in [6.07, 6.45) is 2.99. The molecule has 0 atom stereocenters. The van der Waals surface area contributed by atoms with Gasteiger partial charge in [0, 0.05) is 50.8 Å². The molecule has 0 saturated carbocycles. The average molecular weight is 369 g/mol. The van der Waals surface area contributed by atoms with Gasteiger partial charge in [0.15, 0.2) is 5.78 Å². The Hall–Kier alpha value is -2.89. The van der Waals surface area contributed by atoms with E-state index < -0.39 is 0 Å². The molecule has 6 heteroatoms. The zero-order chi connectivity index (χ0) is 19.6. The molecule has 2 aromatic rings. The fraction of sp³-hybridized carbons (Fsp3) is 0.381. The monoisotopic (exact) mass is 369 g/mol. The number of nitrogens with zero attached hydrogens (tertiary/aromatic N) is 2. The average Bonchev–Trinajstić information content (AvgIpc) is 2.69. The Morgan fingerprint density at radius 1 is 1.11 bits per heavy atom. The number of ketones is 1. The molecule has 0 fully saturated rings. The predicted octanol–water partition coefficient (Wildman–Crippen LogP) is 3.22. The highest BCUT2D eigenvalue weighted by atomic mass is 16.5. The van der Waals surface area contributed by atoms with E-state index in [4.69, 9.17) is 4.74 Å². The molecule has 144 valence electrons. The van der Waals surface area contributed by atoms with Crippen molar-refractivity contribution in [1.29, 1.82) is 0 Å². The lowest BCUT2D eigenvalue weighted by Gasteiger charge is -2.16. The third-order valence-corrected chi connectivity index (χ3v) is 4.00. The van der Waals surface area contributed by atoms with Crippen molar-refractivity contribution in [3.63, 3.8) is 0 Å². The third kappa shape index (κ3) is 6.40. The first-order valence-electron chi connectivity index (χ1n) is 9.15. The van der Waals surface area contributed by atoms with E-state index in [0.29, 0.717) is 18.7 Å². The second-order valence-corrected chi connectivity index (χ2v) is 6.45. The molecular formula is C21H27N3O3. The molecule has 6 nitrogen and oxygen atoms in total. The van der Waals surface area contributed by atoms with Gasteiger partial charge >= 0.3 is 0 Å². The molecule has 1 N–H and O–H groups in total. The molecule has 1 aromatic heterocycles. The molecule has 0 aliphatic carbocycles. The van der Waals surface area contributed by atoms with Crippen molar-refractivity contribution >= 4 is 17.5 Å². The first-order chi connectivity index (χ1) is 13.0. The number of anilines is 1. The van der Waals surface area contributed by atoms with Crippen LogP contribution in [0.15, 0.2) is 42.6 Å². The summed E-state index contributed by atoms with van der Waals surface area (Å²) in [6.45, 7) is 3.08. The number of hydrogen-bond acceptors (Lipinski definition) is 5. The number of nitrogens with one attached hydrogen (secondary N) is 1. The van der Waals surface area contributed by atoms with Gasteiger partial charge in [-0.25, -0.2) is 4.98 Å². The van der Waals surface area contributed by atoms with Gasteiger partial charge in [-0.15, -0.1) is 0 Å². The zero-order valence-electron chi connectivity index (χ0n) is 16.2. The number of ether oxygens (including phenoxy) is 1. The fourth-order valence-corrected chi connectivity index (χ4v) is 2.58. The van der Waals surface area contributed by atoms with Crippen LogP contribution in [-0.4, -0.2) is 37.4 Å². The van der Waals surface area contributed by atoms with E-state index in [1.54, 1.807) is 30.5 Å². The van der Waals surface area contributed by atoms with Crippen LogP contribution in [0.4, 0.5) is 5.82 Å². The minimum atomic E-state index is -0.153. The SMILES string of the molecule is CCCOc1ccc(C(=O)CCC(=O)NCc2cccnc2N(C)C)cc1. The molecule has 27 heavy (non-hydrogen) atoms. The van der Waals surface area contributed by atoms with Crippen molar-refractivity contribution in [3.8, 4) is 5.75 Å². The summed E-state index contributed by atoms with van der Waals surface area (Å²) >= 11 is 0. The van der Waals surface area contributed by atoms with Crippen LogP contribution in [0.3, 0.4) is 0 Å². The standard InChI is InChI=1S/C21H27N3O3/c1-4-14-27-18-9-7-16(8-10-18)19(25)11-12-20(26)23-15-17-6-5-13-22-21(17)24(2)3/h5-10,13H,4,11-12,14-15H2,1-3H3,(H,23,26). The first kappa shape index (κ1) is 20.4. The van der Waals surface area contributed by atoms with E-state index in [-0.39, 0.29) is 24.5 Å². The first-order valence-corrected chi connectivity index (χ1v) is 9.15. The zero-order valence-corrected chi connectivity index (χ0v) is 16.2. The van der Waals surface area contributed by atoms with Gasteiger partial charge in [-0.1, -0.05) is 13.0 Å². The number of amides is 1. The number of aromatic nitrogens is 1. The number of carbonyl (C=O) groups is 2. The number of carbonyl (C=O) groups excluding carboxylic acids is 2. The summed E-state index contributed by atoms with van der Waals surface area (Å²) in [5.74, 6) is 1.36. The Morgan fingerprint density at radius 2 is 1.85 bits per heavy atom. The quantitative estimate of drug-likeness (QED) is 0.651. The van der Waals surface area contributed by atoms with E-state index in [9.17, 15) is 9.59 Å². The normalized spacial score (nSPS) is 10.3. The lowest BCUT2D eigenvalue weighted by Crippen LogP contribution is -2.25. The summed E-state index contributed by atoms with van der Waals surface area (Å²) in [7, 11) is 3.82. The minimum Gasteiger partial charge on any atom is -0.494 e. The minimum absolute atomic E-state index is 0.0532. The molecule has 0 bridgehead atoms. The van der Waals surface area contributed by atoms with E-state index >= 15 is 0 Å². The van der Waals surface area contributed by atoms with Crippen LogP contribution in [0, 0.1) is 0 Å². The van der Waals surface area contributed by atoms with Gasteiger partial charge in [0.1, 0.15) is 11.6 Å². The van der Waals surface area contributed by atoms with Crippen molar-refractivity contribution in [3.05, 3.63) is 53.7 Å². The molecule has 0 spiro atoms. The maximum absolute atomic E-state index is 12.3. The lowest BCUT2D eigenvalue weighted by molar-refractivity contribution is -0.121. The van der Waals surface area contributed by atoms with Crippen LogP contribution in [0.25, 0.3) is 0 Å². The van der Waals surface area contributed by atoms with Gasteiger partial charge in [-0.2, -0.15) is 0 Å². The Labute approximate surface area is 160 Å². The largest absolute Gasteiger partial charge is 0.494 e. The fourth-order valence-electron chi connectivity index (χ4n) is 2.58. The van der Waals surface area contributed by atoms with Crippen molar-refractivity contribution in [2.24, 2.45) is 0 Å². The van der Waals surface area contributed by atoms with E-state index in [0.717, 1.165) is 23.6 Å². The van der Waals surface area contributed by atoms with Crippen molar-refractivity contribution < 1.29 is 14.3 Å². The molecule has 0 aliphatic heterocycles. The lowest BCUT2D eigenvalue weighted by atomic mass is 10.1. The second-order valence-electron chi connectivity index (χ2n) is 6.45. The molecule has 0 unspecified atom stereocenters. The molecular weight excluding hydrogens is 342 g/mol. The highest BCUT2D eigenvalue weighted by Gasteiger charge is 2.11. The molecule has 0 aliphatic rings. The molecule has 0 radical (unpaired) electrons. The molecule has 0 saturated heterocycles. The van der Waals surface area contributed by atoms with Crippen molar-refractivity contribution in [2.75, 3.05) is 25.6 Å². The maximum Gasteiger partial charge on any atom is 0.220 e. The highest BCUT2D eigenvalue weighted by molar-refractivity contribution is 5.98. The van der Waals surface area contributed by atoms with Crippen LogP contribution in [-0.2, 0) is 11.3 Å². The maximum atomic E-state index is 12.3. The number of hydrogen-bond donors (Lipinski definition) is 1. The van der Waals surface area contributed by atoms with Gasteiger partial charge in [-0.05, 0) is 36.8 Å². The number of pyridine rings is 1. The summed E-state index contributed by atoms with van der Waals surface area (Å²) in [6, 6.07) is 10.8. The molecule has 2 rings (SSSR count). The summed E-state index contributed by atoms with van der Waals surface area (Å²) in [5, 5.41) is 2.86. The Balaban J connectivity index is 1.80. The highest BCUT2D eigenvalue weighted by Crippen LogP contribution is 2.15. The van der Waals surface area contributed by atoms with Crippen molar-refractivity contribution in [2.45, 2.75) is 32.7 Å². The van der Waals surface area contributed by atoms with Crippen LogP contribution >= 0.6 is 0 Å². The topological polar surface area (TPSA) is 71.5 Å². The second kappa shape index (κ2) is 10.3. The molecule has 1 aromatic carbocycles.